The minimum absolute atomic E-state index is 0.0430. The smallest absolute Gasteiger partial charge is 0.225 e. The lowest BCUT2D eigenvalue weighted by molar-refractivity contribution is -0.129. The third-order valence-corrected chi connectivity index (χ3v) is 8.53. The Morgan fingerprint density at radius 1 is 1.24 bits per heavy atom. The second-order valence-electron chi connectivity index (χ2n) is 10.3. The molecular formula is C27H30F2N2O2. The predicted molar refractivity (Wildman–Crippen MR) is 122 cm³/mol. The Kier molecular flexibility index (Phi) is 5.79. The average molecular weight is 453 g/mol. The van der Waals surface area contributed by atoms with Crippen molar-refractivity contribution in [1.29, 1.82) is 0 Å². The van der Waals surface area contributed by atoms with Crippen molar-refractivity contribution in [3.05, 3.63) is 59.3 Å². The highest BCUT2D eigenvalue weighted by atomic mass is 19.1. The summed E-state index contributed by atoms with van der Waals surface area (Å²) >= 11 is 0. The van der Waals surface area contributed by atoms with Gasteiger partial charge in [0.05, 0.1) is 0 Å². The van der Waals surface area contributed by atoms with E-state index in [1.807, 2.05) is 6.07 Å². The van der Waals surface area contributed by atoms with Gasteiger partial charge in [-0.3, -0.25) is 9.59 Å². The molecular weight excluding hydrogens is 422 g/mol. The van der Waals surface area contributed by atoms with Gasteiger partial charge in [0.1, 0.15) is 11.6 Å². The molecule has 174 valence electrons. The number of carbonyl (C=O) groups is 2. The van der Waals surface area contributed by atoms with Crippen molar-refractivity contribution in [1.82, 2.24) is 4.98 Å². The SMILES string of the molecule is C[C@]12CCC3c4ccc(F)cc4CCC3C1[C@H](CCCC(=O)Nc1ncccc1F)CC2=O. The minimum Gasteiger partial charge on any atom is -0.308 e. The summed E-state index contributed by atoms with van der Waals surface area (Å²) < 4.78 is 27.5. The number of pyridine rings is 1. The zero-order chi connectivity index (χ0) is 23.2. The van der Waals surface area contributed by atoms with Crippen LogP contribution in [-0.2, 0) is 16.0 Å². The molecule has 0 spiro atoms. The second kappa shape index (κ2) is 8.62. The quantitative estimate of drug-likeness (QED) is 0.622. The molecule has 33 heavy (non-hydrogen) atoms. The molecule has 2 fully saturated rings. The number of rotatable bonds is 5. The lowest BCUT2D eigenvalue weighted by Crippen LogP contribution is -2.44. The van der Waals surface area contributed by atoms with Gasteiger partial charge in [-0.1, -0.05) is 13.0 Å². The van der Waals surface area contributed by atoms with Crippen molar-refractivity contribution in [2.45, 2.75) is 64.2 Å². The molecule has 3 aliphatic carbocycles. The Labute approximate surface area is 193 Å². The van der Waals surface area contributed by atoms with Gasteiger partial charge in [0.15, 0.2) is 11.6 Å². The van der Waals surface area contributed by atoms with Crippen molar-refractivity contribution >= 4 is 17.5 Å². The van der Waals surface area contributed by atoms with E-state index < -0.39 is 5.82 Å². The highest BCUT2D eigenvalue weighted by Crippen LogP contribution is 2.62. The van der Waals surface area contributed by atoms with E-state index in [0.29, 0.717) is 36.4 Å². The number of anilines is 1. The fraction of sp³-hybridized carbons (Fsp3) is 0.519. The third kappa shape index (κ3) is 3.98. The Balaban J connectivity index is 1.27. The summed E-state index contributed by atoms with van der Waals surface area (Å²) in [4.78, 5) is 29.3. The van der Waals surface area contributed by atoms with Gasteiger partial charge < -0.3 is 5.32 Å². The number of aryl methyl sites for hydroxylation is 1. The molecule has 1 amide bonds. The number of nitrogens with zero attached hydrogens (tertiary/aromatic N) is 1. The van der Waals surface area contributed by atoms with Crippen LogP contribution in [0.1, 0.15) is 68.9 Å². The Hall–Kier alpha value is -2.63. The normalized spacial score (nSPS) is 30.3. The first-order chi connectivity index (χ1) is 15.9. The van der Waals surface area contributed by atoms with Crippen LogP contribution in [0.2, 0.25) is 0 Å². The number of hydrogen-bond donors (Lipinski definition) is 1. The number of halogens is 2. The Morgan fingerprint density at radius 2 is 2.09 bits per heavy atom. The first kappa shape index (κ1) is 22.2. The van der Waals surface area contributed by atoms with E-state index >= 15 is 0 Å². The van der Waals surface area contributed by atoms with Gasteiger partial charge in [-0.15, -0.1) is 0 Å². The lowest BCUT2D eigenvalue weighted by Gasteiger charge is -2.50. The van der Waals surface area contributed by atoms with E-state index in [1.165, 1.54) is 23.9 Å². The van der Waals surface area contributed by atoms with Gasteiger partial charge in [0.25, 0.3) is 0 Å². The van der Waals surface area contributed by atoms with Crippen molar-refractivity contribution < 1.29 is 18.4 Å². The molecule has 1 heterocycles. The number of nitrogens with one attached hydrogen (secondary N) is 1. The molecule has 5 atom stereocenters. The molecule has 5 rings (SSSR count). The number of aromatic nitrogens is 1. The number of Topliss-reactive ketones (excluding diaryl/α,β-unsaturated/α-hetero) is 1. The molecule has 1 aromatic carbocycles. The van der Waals surface area contributed by atoms with Crippen LogP contribution in [0.5, 0.6) is 0 Å². The highest BCUT2D eigenvalue weighted by Gasteiger charge is 2.58. The van der Waals surface area contributed by atoms with Crippen LogP contribution in [0, 0.1) is 34.8 Å². The first-order valence-corrected chi connectivity index (χ1v) is 12.1. The fourth-order valence-electron chi connectivity index (χ4n) is 7.07. The number of amides is 1. The predicted octanol–water partition coefficient (Wildman–Crippen LogP) is 5.82. The number of benzene rings is 1. The van der Waals surface area contributed by atoms with E-state index in [-0.39, 0.29) is 35.3 Å². The molecule has 0 radical (unpaired) electrons. The molecule has 2 aromatic rings. The van der Waals surface area contributed by atoms with Gasteiger partial charge in [0.2, 0.25) is 5.91 Å². The zero-order valence-corrected chi connectivity index (χ0v) is 18.9. The first-order valence-electron chi connectivity index (χ1n) is 12.1. The van der Waals surface area contributed by atoms with E-state index in [2.05, 4.69) is 17.2 Å². The van der Waals surface area contributed by atoms with Crippen LogP contribution in [0.3, 0.4) is 0 Å². The van der Waals surface area contributed by atoms with E-state index in [9.17, 15) is 18.4 Å². The molecule has 2 saturated carbocycles. The lowest BCUT2D eigenvalue weighted by atomic mass is 9.54. The summed E-state index contributed by atoms with van der Waals surface area (Å²) in [5.74, 6) is 0.717. The highest BCUT2D eigenvalue weighted by molar-refractivity contribution is 5.90. The number of fused-ring (bicyclic) bond motifs is 5. The molecule has 1 aromatic heterocycles. The summed E-state index contributed by atoms with van der Waals surface area (Å²) in [5.41, 5.74) is 2.10. The van der Waals surface area contributed by atoms with E-state index in [0.717, 1.165) is 37.7 Å². The molecule has 3 aliphatic rings. The molecule has 6 heteroatoms. The van der Waals surface area contributed by atoms with E-state index in [4.69, 9.17) is 0 Å². The average Bonchev–Trinajstić information content (AvgIpc) is 3.05. The standard InChI is InChI=1S/C27H30F2N2O2/c1-27-12-11-20-19-10-8-18(28)14-16(19)7-9-21(20)25(27)17(15-23(27)32)4-2-6-24(33)31-26-22(29)5-3-13-30-26/h3,5,8,10,13-14,17,20-21,25H,2,4,6-7,9,11-12,15H2,1H3,(H,30,31,33)/t17-,20?,21?,25?,27-/m1/s1. The third-order valence-electron chi connectivity index (χ3n) is 8.53. The molecule has 1 N–H and O–H groups in total. The number of carbonyl (C=O) groups excluding carboxylic acids is 2. The summed E-state index contributed by atoms with van der Waals surface area (Å²) in [6, 6.07) is 7.95. The van der Waals surface area contributed by atoms with Gasteiger partial charge >= 0.3 is 0 Å². The fourth-order valence-corrected chi connectivity index (χ4v) is 7.07. The molecule has 0 aliphatic heterocycles. The van der Waals surface area contributed by atoms with Crippen LogP contribution in [0.25, 0.3) is 0 Å². The topological polar surface area (TPSA) is 59.1 Å². The maximum atomic E-state index is 13.8. The second-order valence-corrected chi connectivity index (χ2v) is 10.3. The van der Waals surface area contributed by atoms with Crippen molar-refractivity contribution in [2.75, 3.05) is 5.32 Å². The van der Waals surface area contributed by atoms with Crippen LogP contribution in [-0.4, -0.2) is 16.7 Å². The van der Waals surface area contributed by atoms with Gasteiger partial charge in [-0.2, -0.15) is 0 Å². The van der Waals surface area contributed by atoms with Crippen molar-refractivity contribution in [3.63, 3.8) is 0 Å². The van der Waals surface area contributed by atoms with Gasteiger partial charge in [-0.05, 0) is 97.6 Å². The summed E-state index contributed by atoms with van der Waals surface area (Å²) in [7, 11) is 0. The number of ketones is 1. The number of hydrogen-bond acceptors (Lipinski definition) is 3. The van der Waals surface area contributed by atoms with Crippen LogP contribution < -0.4 is 5.32 Å². The zero-order valence-electron chi connectivity index (χ0n) is 18.9. The molecule has 4 nitrogen and oxygen atoms in total. The maximum absolute atomic E-state index is 13.8. The Bertz CT molecular complexity index is 1090. The largest absolute Gasteiger partial charge is 0.308 e. The minimum atomic E-state index is -0.547. The molecule has 3 unspecified atom stereocenters. The van der Waals surface area contributed by atoms with Crippen molar-refractivity contribution in [3.8, 4) is 0 Å². The Morgan fingerprint density at radius 3 is 2.91 bits per heavy atom. The summed E-state index contributed by atoms with van der Waals surface area (Å²) in [5, 5.41) is 2.55. The van der Waals surface area contributed by atoms with Crippen molar-refractivity contribution in [2.24, 2.45) is 23.2 Å². The van der Waals surface area contributed by atoms with Crippen LogP contribution >= 0.6 is 0 Å². The molecule has 0 bridgehead atoms. The van der Waals surface area contributed by atoms with Gasteiger partial charge in [0, 0.05) is 24.5 Å². The maximum Gasteiger partial charge on any atom is 0.225 e. The van der Waals surface area contributed by atoms with Crippen LogP contribution in [0.4, 0.5) is 14.6 Å². The van der Waals surface area contributed by atoms with Crippen LogP contribution in [0.15, 0.2) is 36.5 Å². The summed E-state index contributed by atoms with van der Waals surface area (Å²) in [6.45, 7) is 2.15. The molecule has 0 saturated heterocycles. The monoisotopic (exact) mass is 452 g/mol. The summed E-state index contributed by atoms with van der Waals surface area (Å²) in [6.07, 6.45) is 7.48. The van der Waals surface area contributed by atoms with Gasteiger partial charge in [-0.25, -0.2) is 13.8 Å². The van der Waals surface area contributed by atoms with E-state index in [1.54, 1.807) is 12.1 Å².